The van der Waals surface area contributed by atoms with Crippen LogP contribution in [0, 0.1) is 13.8 Å². The fraction of sp³-hybridized carbons (Fsp3) is 0.238. The van der Waals surface area contributed by atoms with Crippen molar-refractivity contribution in [3.8, 4) is 5.69 Å². The van der Waals surface area contributed by atoms with E-state index in [0.717, 1.165) is 22.8 Å². The lowest BCUT2D eigenvalue weighted by molar-refractivity contribution is 0.367. The van der Waals surface area contributed by atoms with Crippen molar-refractivity contribution in [3.63, 3.8) is 0 Å². The number of halogens is 2. The summed E-state index contributed by atoms with van der Waals surface area (Å²) in [6, 6.07) is 13.8. The SMILES string of the molecule is Cc1cc([C@H]2[C@@H](c3ccccn3)NC(=S)N2C)c(C)n1-c1cccc(Cl)c1Cl. The van der Waals surface area contributed by atoms with Crippen LogP contribution in [0.4, 0.5) is 0 Å². The van der Waals surface area contributed by atoms with Crippen LogP contribution in [0.2, 0.25) is 10.0 Å². The van der Waals surface area contributed by atoms with Gasteiger partial charge in [-0.2, -0.15) is 0 Å². The number of nitrogens with zero attached hydrogens (tertiary/aromatic N) is 3. The van der Waals surface area contributed by atoms with Crippen LogP contribution in [0.3, 0.4) is 0 Å². The molecule has 4 rings (SSSR count). The first-order valence-corrected chi connectivity index (χ1v) is 10.1. The van der Waals surface area contributed by atoms with E-state index in [1.54, 1.807) is 6.07 Å². The quantitative estimate of drug-likeness (QED) is 0.563. The summed E-state index contributed by atoms with van der Waals surface area (Å²) in [5.74, 6) is 0. The van der Waals surface area contributed by atoms with Gasteiger partial charge in [0.25, 0.3) is 0 Å². The van der Waals surface area contributed by atoms with Gasteiger partial charge < -0.3 is 14.8 Å². The van der Waals surface area contributed by atoms with Crippen LogP contribution in [-0.2, 0) is 0 Å². The first kappa shape index (κ1) is 19.2. The van der Waals surface area contributed by atoms with Crippen LogP contribution >= 0.6 is 35.4 Å². The maximum Gasteiger partial charge on any atom is 0.169 e. The first-order valence-electron chi connectivity index (χ1n) is 8.97. The van der Waals surface area contributed by atoms with Crippen LogP contribution in [0.5, 0.6) is 0 Å². The maximum atomic E-state index is 6.51. The number of likely N-dealkylation sites (N-methyl/N-ethyl adjacent to an activating group) is 1. The molecule has 1 fully saturated rings. The Labute approximate surface area is 180 Å². The van der Waals surface area contributed by atoms with E-state index in [2.05, 4.69) is 39.7 Å². The van der Waals surface area contributed by atoms with Gasteiger partial charge in [0.05, 0.1) is 33.5 Å². The van der Waals surface area contributed by atoms with E-state index in [0.29, 0.717) is 15.2 Å². The number of hydrogen-bond acceptors (Lipinski definition) is 2. The van der Waals surface area contributed by atoms with E-state index in [-0.39, 0.29) is 12.1 Å². The largest absolute Gasteiger partial charge is 0.352 e. The number of nitrogens with one attached hydrogen (secondary N) is 1. The van der Waals surface area contributed by atoms with E-state index in [1.165, 1.54) is 5.56 Å². The number of rotatable bonds is 3. The highest BCUT2D eigenvalue weighted by Crippen LogP contribution is 2.41. The predicted octanol–water partition coefficient (Wildman–Crippen LogP) is 5.40. The zero-order valence-corrected chi connectivity index (χ0v) is 18.1. The highest BCUT2D eigenvalue weighted by atomic mass is 35.5. The van der Waals surface area contributed by atoms with Crippen molar-refractivity contribution in [2.45, 2.75) is 25.9 Å². The third kappa shape index (κ3) is 3.08. The van der Waals surface area contributed by atoms with Crippen molar-refractivity contribution >= 4 is 40.5 Å². The average Bonchev–Trinajstić information content (AvgIpc) is 3.14. The molecule has 144 valence electrons. The minimum atomic E-state index is -0.0255. The van der Waals surface area contributed by atoms with Crippen molar-refractivity contribution in [2.75, 3.05) is 7.05 Å². The molecule has 4 nitrogen and oxygen atoms in total. The van der Waals surface area contributed by atoms with E-state index in [9.17, 15) is 0 Å². The molecule has 1 N–H and O–H groups in total. The second-order valence-electron chi connectivity index (χ2n) is 6.97. The highest BCUT2D eigenvalue weighted by Gasteiger charge is 2.39. The summed E-state index contributed by atoms with van der Waals surface area (Å²) >= 11 is 18.3. The lowest BCUT2D eigenvalue weighted by Crippen LogP contribution is -2.25. The first-order chi connectivity index (χ1) is 13.4. The van der Waals surface area contributed by atoms with Crippen molar-refractivity contribution < 1.29 is 0 Å². The molecule has 1 aliphatic heterocycles. The molecule has 0 spiro atoms. The van der Waals surface area contributed by atoms with Crippen molar-refractivity contribution in [1.29, 1.82) is 0 Å². The van der Waals surface area contributed by atoms with Gasteiger partial charge in [-0.3, -0.25) is 4.98 Å². The van der Waals surface area contributed by atoms with E-state index in [1.807, 2.05) is 43.6 Å². The molecule has 3 heterocycles. The highest BCUT2D eigenvalue weighted by molar-refractivity contribution is 7.80. The molecular formula is C21H20Cl2N4S. The van der Waals surface area contributed by atoms with Crippen LogP contribution < -0.4 is 5.32 Å². The number of pyridine rings is 1. The molecule has 0 unspecified atom stereocenters. The van der Waals surface area contributed by atoms with E-state index < -0.39 is 0 Å². The van der Waals surface area contributed by atoms with Crippen molar-refractivity contribution in [3.05, 3.63) is 81.4 Å². The summed E-state index contributed by atoms with van der Waals surface area (Å²) in [5, 5.41) is 5.23. The molecule has 7 heteroatoms. The average molecular weight is 431 g/mol. The molecule has 0 saturated carbocycles. The van der Waals surface area contributed by atoms with Crippen LogP contribution in [-0.4, -0.2) is 26.6 Å². The molecule has 28 heavy (non-hydrogen) atoms. The van der Waals surface area contributed by atoms with Gasteiger partial charge in [-0.1, -0.05) is 35.3 Å². The lowest BCUT2D eigenvalue weighted by atomic mass is 9.97. The fourth-order valence-corrected chi connectivity index (χ4v) is 4.59. The zero-order chi connectivity index (χ0) is 20.0. The molecule has 1 aromatic carbocycles. The Hall–Kier alpha value is -2.08. The Morgan fingerprint density at radius 3 is 2.61 bits per heavy atom. The molecule has 0 aliphatic carbocycles. The van der Waals surface area contributed by atoms with Crippen LogP contribution in [0.25, 0.3) is 5.69 Å². The van der Waals surface area contributed by atoms with Gasteiger partial charge in [-0.25, -0.2) is 0 Å². The maximum absolute atomic E-state index is 6.51. The standard InChI is InChI=1S/C21H20Cl2N4S/c1-12-11-14(13(2)27(12)17-9-6-7-15(22)18(17)23)20-19(25-21(28)26(20)3)16-8-4-5-10-24-16/h4-11,19-20H,1-3H3,(H,25,28)/t19-,20+/m1/s1. The summed E-state index contributed by atoms with van der Waals surface area (Å²) < 4.78 is 2.15. The Bertz CT molecular complexity index is 1050. The summed E-state index contributed by atoms with van der Waals surface area (Å²) in [5.41, 5.74) is 5.21. The van der Waals surface area contributed by atoms with Gasteiger partial charge in [0.1, 0.15) is 0 Å². The van der Waals surface area contributed by atoms with E-state index in [4.69, 9.17) is 35.4 Å². The fourth-order valence-electron chi connectivity index (χ4n) is 3.97. The number of thiocarbonyl (C=S) groups is 1. The lowest BCUT2D eigenvalue weighted by Gasteiger charge is -2.24. The Morgan fingerprint density at radius 1 is 1.11 bits per heavy atom. The van der Waals surface area contributed by atoms with Crippen LogP contribution in [0.15, 0.2) is 48.7 Å². The van der Waals surface area contributed by atoms with Crippen LogP contribution in [0.1, 0.15) is 34.7 Å². The minimum absolute atomic E-state index is 0.0255. The number of benzene rings is 1. The molecule has 2 atom stereocenters. The minimum Gasteiger partial charge on any atom is -0.352 e. The van der Waals surface area contributed by atoms with Gasteiger partial charge in [0.2, 0.25) is 0 Å². The van der Waals surface area contributed by atoms with Gasteiger partial charge in [0.15, 0.2) is 5.11 Å². The van der Waals surface area contributed by atoms with Gasteiger partial charge >= 0.3 is 0 Å². The van der Waals surface area contributed by atoms with Gasteiger partial charge in [-0.15, -0.1) is 0 Å². The molecule has 0 radical (unpaired) electrons. The van der Waals surface area contributed by atoms with Crippen molar-refractivity contribution in [2.24, 2.45) is 0 Å². The molecule has 0 bridgehead atoms. The van der Waals surface area contributed by atoms with Gasteiger partial charge in [-0.05, 0) is 62.0 Å². The smallest absolute Gasteiger partial charge is 0.169 e. The normalized spacial score (nSPS) is 19.2. The Balaban J connectivity index is 1.85. The molecule has 2 aromatic heterocycles. The second-order valence-corrected chi connectivity index (χ2v) is 8.14. The summed E-state index contributed by atoms with van der Waals surface area (Å²) in [4.78, 5) is 6.65. The summed E-state index contributed by atoms with van der Waals surface area (Å²) in [7, 11) is 2.02. The Kier molecular flexibility index (Phi) is 5.08. The molecule has 1 saturated heterocycles. The zero-order valence-electron chi connectivity index (χ0n) is 15.8. The molecule has 0 amide bonds. The predicted molar refractivity (Wildman–Crippen MR) is 118 cm³/mol. The molecule has 1 aliphatic rings. The number of hydrogen-bond donors (Lipinski definition) is 1. The molecule has 3 aromatic rings. The van der Waals surface area contributed by atoms with E-state index >= 15 is 0 Å². The monoisotopic (exact) mass is 430 g/mol. The number of aromatic nitrogens is 2. The third-order valence-electron chi connectivity index (χ3n) is 5.30. The summed E-state index contributed by atoms with van der Waals surface area (Å²) in [6.45, 7) is 4.18. The Morgan fingerprint density at radius 2 is 1.89 bits per heavy atom. The van der Waals surface area contributed by atoms with Gasteiger partial charge in [0, 0.05) is 24.6 Å². The summed E-state index contributed by atoms with van der Waals surface area (Å²) in [6.07, 6.45) is 1.81. The van der Waals surface area contributed by atoms with Crippen molar-refractivity contribution in [1.82, 2.24) is 19.8 Å². The second kappa shape index (κ2) is 7.39. The molecular weight excluding hydrogens is 411 g/mol. The number of aryl methyl sites for hydroxylation is 1. The topological polar surface area (TPSA) is 33.1 Å². The third-order valence-corrected chi connectivity index (χ3v) is 6.51.